The maximum Gasteiger partial charge on any atom is 0.344 e. The van der Waals surface area contributed by atoms with Crippen LogP contribution in [0.1, 0.15) is 18.6 Å². The number of methoxy groups -OCH3 is 1. The molecule has 0 unspecified atom stereocenters. The molecule has 1 aromatic heterocycles. The number of hydrogen-bond donors (Lipinski definition) is 0. The Morgan fingerprint density at radius 3 is 2.83 bits per heavy atom. The Morgan fingerprint density at radius 2 is 2.21 bits per heavy atom. The second-order valence-corrected chi connectivity index (χ2v) is 4.50. The minimum atomic E-state index is -0.649. The van der Waals surface area contributed by atoms with E-state index in [9.17, 15) is 14.9 Å². The summed E-state index contributed by atoms with van der Waals surface area (Å²) in [5, 5.41) is 14.5. The first kappa shape index (κ1) is 17.2. The molecule has 0 N–H and O–H groups in total. The predicted octanol–water partition coefficient (Wildman–Crippen LogP) is 1.67. The van der Waals surface area contributed by atoms with E-state index >= 15 is 0 Å². The van der Waals surface area contributed by atoms with Crippen molar-refractivity contribution in [1.29, 1.82) is 0 Å². The Balaban J connectivity index is 1.86. The van der Waals surface area contributed by atoms with Gasteiger partial charge < -0.3 is 18.7 Å². The van der Waals surface area contributed by atoms with Gasteiger partial charge in [-0.25, -0.2) is 4.79 Å². The molecule has 2 aromatic rings. The number of aryl methyl sites for hydroxylation is 1. The lowest BCUT2D eigenvalue weighted by Crippen LogP contribution is -2.15. The molecule has 0 fully saturated rings. The summed E-state index contributed by atoms with van der Waals surface area (Å²) in [5.41, 5.74) is -0.199. The molecule has 1 aromatic carbocycles. The number of nitro benzene ring substituents is 1. The summed E-state index contributed by atoms with van der Waals surface area (Å²) in [5.74, 6) is 0.334. The fourth-order valence-electron chi connectivity index (χ4n) is 1.72. The Kier molecular flexibility index (Phi) is 5.66. The Labute approximate surface area is 136 Å². The van der Waals surface area contributed by atoms with E-state index in [1.54, 1.807) is 0 Å². The molecule has 0 aliphatic heterocycles. The lowest BCUT2D eigenvalue weighted by molar-refractivity contribution is -0.385. The zero-order chi connectivity index (χ0) is 17.5. The average molecular weight is 337 g/mol. The molecule has 0 bridgehead atoms. The van der Waals surface area contributed by atoms with Gasteiger partial charge in [0.05, 0.1) is 12.0 Å². The molecule has 10 heteroatoms. The number of rotatable bonds is 8. The topological polar surface area (TPSA) is 127 Å². The minimum Gasteiger partial charge on any atom is -0.490 e. The van der Waals surface area contributed by atoms with Crippen LogP contribution in [-0.2, 0) is 22.6 Å². The van der Waals surface area contributed by atoms with Gasteiger partial charge in [-0.1, -0.05) is 12.1 Å². The van der Waals surface area contributed by atoms with Crippen molar-refractivity contribution in [3.05, 3.63) is 40.0 Å². The summed E-state index contributed by atoms with van der Waals surface area (Å²) in [6, 6.07) is 3.90. The first-order valence-corrected chi connectivity index (χ1v) is 6.95. The third-order valence-corrected chi connectivity index (χ3v) is 2.89. The van der Waals surface area contributed by atoms with Crippen LogP contribution in [0.15, 0.2) is 22.7 Å². The highest BCUT2D eigenvalue weighted by atomic mass is 16.6. The first-order chi connectivity index (χ1) is 11.5. The van der Waals surface area contributed by atoms with Crippen molar-refractivity contribution in [2.24, 2.45) is 0 Å². The van der Waals surface area contributed by atoms with Gasteiger partial charge in [0.1, 0.15) is 5.75 Å². The van der Waals surface area contributed by atoms with Gasteiger partial charge >= 0.3 is 11.7 Å². The lowest BCUT2D eigenvalue weighted by atomic mass is 10.3. The maximum absolute atomic E-state index is 11.6. The van der Waals surface area contributed by atoms with Crippen molar-refractivity contribution >= 4 is 11.7 Å². The number of aromatic nitrogens is 2. The van der Waals surface area contributed by atoms with Crippen LogP contribution < -0.4 is 9.47 Å². The SMILES string of the molecule is CCc1noc(COC(=O)COc2ccc([N+](=O)[O-])c(OC)c2)n1. The van der Waals surface area contributed by atoms with Crippen molar-refractivity contribution in [2.75, 3.05) is 13.7 Å². The van der Waals surface area contributed by atoms with Crippen LogP contribution in [0.25, 0.3) is 0 Å². The van der Waals surface area contributed by atoms with E-state index in [4.69, 9.17) is 18.7 Å². The van der Waals surface area contributed by atoms with Gasteiger partial charge in [0, 0.05) is 18.6 Å². The Morgan fingerprint density at radius 1 is 1.42 bits per heavy atom. The molecule has 128 valence electrons. The standard InChI is InChI=1S/C14H15N3O7/c1-3-12-15-13(24-16-12)7-23-14(18)8-22-9-4-5-10(17(19)20)11(6-9)21-2/h4-6H,3,7-8H2,1-2H3. The quantitative estimate of drug-likeness (QED) is 0.401. The van der Waals surface area contributed by atoms with Gasteiger partial charge in [-0.15, -0.1) is 0 Å². The average Bonchev–Trinajstić information content (AvgIpc) is 3.05. The predicted molar refractivity (Wildman–Crippen MR) is 78.6 cm³/mol. The number of hydrogen-bond acceptors (Lipinski definition) is 9. The first-order valence-electron chi connectivity index (χ1n) is 6.95. The van der Waals surface area contributed by atoms with Crippen LogP contribution in [0.2, 0.25) is 0 Å². The summed E-state index contributed by atoms with van der Waals surface area (Å²) < 4.78 is 19.9. The number of carbonyl (C=O) groups is 1. The molecule has 0 spiro atoms. The number of benzene rings is 1. The normalized spacial score (nSPS) is 10.2. The highest BCUT2D eigenvalue weighted by molar-refractivity contribution is 5.71. The number of nitro groups is 1. The van der Waals surface area contributed by atoms with E-state index in [-0.39, 0.29) is 36.3 Å². The number of nitrogens with zero attached hydrogens (tertiary/aromatic N) is 3. The van der Waals surface area contributed by atoms with Crippen molar-refractivity contribution in [1.82, 2.24) is 10.1 Å². The van der Waals surface area contributed by atoms with Crippen molar-refractivity contribution < 1.29 is 28.5 Å². The van der Waals surface area contributed by atoms with Crippen LogP contribution in [0, 0.1) is 10.1 Å². The number of esters is 1. The zero-order valence-electron chi connectivity index (χ0n) is 13.1. The molecule has 0 saturated carbocycles. The third-order valence-electron chi connectivity index (χ3n) is 2.89. The number of ether oxygens (including phenoxy) is 3. The zero-order valence-corrected chi connectivity index (χ0v) is 13.1. The molecule has 2 rings (SSSR count). The van der Waals surface area contributed by atoms with E-state index in [1.807, 2.05) is 6.92 Å². The molecule has 0 saturated heterocycles. The highest BCUT2D eigenvalue weighted by Gasteiger charge is 2.16. The summed E-state index contributed by atoms with van der Waals surface area (Å²) >= 11 is 0. The van der Waals surface area contributed by atoms with E-state index < -0.39 is 10.9 Å². The molecule has 0 aliphatic carbocycles. The summed E-state index contributed by atoms with van der Waals surface area (Å²) in [4.78, 5) is 25.8. The lowest BCUT2D eigenvalue weighted by Gasteiger charge is -2.07. The van der Waals surface area contributed by atoms with Crippen LogP contribution in [0.3, 0.4) is 0 Å². The highest BCUT2D eigenvalue weighted by Crippen LogP contribution is 2.30. The third kappa shape index (κ3) is 4.41. The van der Waals surface area contributed by atoms with Crippen molar-refractivity contribution in [2.45, 2.75) is 20.0 Å². The monoisotopic (exact) mass is 337 g/mol. The van der Waals surface area contributed by atoms with Crippen LogP contribution >= 0.6 is 0 Å². The summed E-state index contributed by atoms with van der Waals surface area (Å²) in [6.45, 7) is 1.33. The van der Waals surface area contributed by atoms with Gasteiger partial charge in [-0.2, -0.15) is 4.98 Å². The van der Waals surface area contributed by atoms with Gasteiger partial charge in [-0.3, -0.25) is 10.1 Å². The fourth-order valence-corrected chi connectivity index (χ4v) is 1.72. The largest absolute Gasteiger partial charge is 0.490 e. The Bertz CT molecular complexity index is 729. The maximum atomic E-state index is 11.6. The van der Waals surface area contributed by atoms with E-state index in [2.05, 4.69) is 10.1 Å². The molecular weight excluding hydrogens is 322 g/mol. The van der Waals surface area contributed by atoms with Crippen LogP contribution in [0.4, 0.5) is 5.69 Å². The summed E-state index contributed by atoms with van der Waals surface area (Å²) in [7, 11) is 1.30. The smallest absolute Gasteiger partial charge is 0.344 e. The van der Waals surface area contributed by atoms with Gasteiger partial charge in [0.2, 0.25) is 5.75 Å². The van der Waals surface area contributed by atoms with Gasteiger partial charge in [0.25, 0.3) is 5.89 Å². The van der Waals surface area contributed by atoms with Gasteiger partial charge in [0.15, 0.2) is 19.0 Å². The van der Waals surface area contributed by atoms with Crippen molar-refractivity contribution in [3.63, 3.8) is 0 Å². The van der Waals surface area contributed by atoms with E-state index in [1.165, 1.54) is 25.3 Å². The van der Waals surface area contributed by atoms with E-state index in [0.717, 1.165) is 0 Å². The van der Waals surface area contributed by atoms with Gasteiger partial charge in [-0.05, 0) is 6.07 Å². The van der Waals surface area contributed by atoms with Crippen LogP contribution in [-0.4, -0.2) is 34.7 Å². The molecule has 10 nitrogen and oxygen atoms in total. The molecule has 0 amide bonds. The fraction of sp³-hybridized carbons (Fsp3) is 0.357. The van der Waals surface area contributed by atoms with E-state index in [0.29, 0.717) is 12.2 Å². The second-order valence-electron chi connectivity index (χ2n) is 4.50. The molecular formula is C14H15N3O7. The molecule has 0 aliphatic rings. The number of carbonyl (C=O) groups excluding carboxylic acids is 1. The molecule has 0 radical (unpaired) electrons. The second kappa shape index (κ2) is 7.90. The van der Waals surface area contributed by atoms with Crippen molar-refractivity contribution in [3.8, 4) is 11.5 Å². The molecule has 1 heterocycles. The molecule has 24 heavy (non-hydrogen) atoms. The van der Waals surface area contributed by atoms with Crippen LogP contribution in [0.5, 0.6) is 11.5 Å². The summed E-state index contributed by atoms with van der Waals surface area (Å²) in [6.07, 6.45) is 0.614. The minimum absolute atomic E-state index is 0.0313. The Hall–Kier alpha value is -3.17. The molecule has 0 atom stereocenters.